The molecule has 1 unspecified atom stereocenters. The van der Waals surface area contributed by atoms with Crippen LogP contribution in [-0.4, -0.2) is 57.5 Å². The van der Waals surface area contributed by atoms with E-state index in [0.29, 0.717) is 37.0 Å². The van der Waals surface area contributed by atoms with E-state index in [1.54, 1.807) is 22.8 Å². The number of aromatic nitrogens is 3. The third-order valence-corrected chi connectivity index (χ3v) is 5.15. The van der Waals surface area contributed by atoms with Gasteiger partial charge in [0.05, 0.1) is 24.4 Å². The Kier molecular flexibility index (Phi) is 5.19. The van der Waals surface area contributed by atoms with Crippen LogP contribution < -0.4 is 16.2 Å². The molecule has 1 aromatic heterocycles. The molecule has 28 heavy (non-hydrogen) atoms. The number of likely N-dealkylation sites (tertiary alicyclic amines) is 1. The van der Waals surface area contributed by atoms with Gasteiger partial charge in [-0.15, -0.1) is 5.10 Å². The molecule has 9 nitrogen and oxygen atoms in total. The monoisotopic (exact) mass is 387 g/mol. The van der Waals surface area contributed by atoms with Gasteiger partial charge in [0.1, 0.15) is 18.5 Å². The molecule has 1 amide bonds. The second-order valence-electron chi connectivity index (χ2n) is 7.30. The Labute approximate surface area is 162 Å². The van der Waals surface area contributed by atoms with E-state index in [1.807, 2.05) is 6.92 Å². The molecule has 4 rings (SSSR count). The summed E-state index contributed by atoms with van der Waals surface area (Å²) < 4.78 is 14.3. The number of carbonyl (C=O) groups excluding carboxylic acids is 1. The Balaban J connectivity index is 1.63. The van der Waals surface area contributed by atoms with E-state index in [2.05, 4.69) is 10.00 Å². The number of rotatable bonds is 6. The first kappa shape index (κ1) is 18.7. The molecule has 1 fully saturated rings. The molecule has 2 N–H and O–H groups in total. The number of nitrogens with two attached hydrogens (primary N) is 1. The third-order valence-electron chi connectivity index (χ3n) is 5.15. The van der Waals surface area contributed by atoms with Gasteiger partial charge in [0.2, 0.25) is 0 Å². The first-order valence-corrected chi connectivity index (χ1v) is 9.62. The summed E-state index contributed by atoms with van der Waals surface area (Å²) in [5, 5.41) is 4.36. The molecule has 9 heteroatoms. The van der Waals surface area contributed by atoms with Crippen LogP contribution in [-0.2, 0) is 17.9 Å². The van der Waals surface area contributed by atoms with Crippen molar-refractivity contribution in [2.45, 2.75) is 39.0 Å². The van der Waals surface area contributed by atoms with Crippen molar-refractivity contribution in [1.29, 1.82) is 0 Å². The minimum atomic E-state index is -0.570. The van der Waals surface area contributed by atoms with E-state index in [0.717, 1.165) is 19.6 Å². The van der Waals surface area contributed by atoms with Crippen molar-refractivity contribution in [3.63, 3.8) is 0 Å². The SMILES string of the molecule is CC(CN1CCCC1)Oc1cc(-n2nc3n(c2=O)CCOC3)ccc1C(N)=O. The number of hydrogen-bond donors (Lipinski definition) is 1. The lowest BCUT2D eigenvalue weighted by atomic mass is 10.1. The Morgan fingerprint density at radius 2 is 2.11 bits per heavy atom. The van der Waals surface area contributed by atoms with Gasteiger partial charge in [-0.3, -0.25) is 14.3 Å². The summed E-state index contributed by atoms with van der Waals surface area (Å²) >= 11 is 0. The van der Waals surface area contributed by atoms with E-state index in [9.17, 15) is 9.59 Å². The van der Waals surface area contributed by atoms with E-state index in [-0.39, 0.29) is 17.4 Å². The van der Waals surface area contributed by atoms with Crippen LogP contribution in [0.25, 0.3) is 5.69 Å². The van der Waals surface area contributed by atoms with Gasteiger partial charge < -0.3 is 15.2 Å². The lowest BCUT2D eigenvalue weighted by Gasteiger charge is -2.22. The number of carbonyl (C=O) groups is 1. The number of nitrogens with zero attached hydrogens (tertiary/aromatic N) is 4. The summed E-state index contributed by atoms with van der Waals surface area (Å²) in [7, 11) is 0. The zero-order chi connectivity index (χ0) is 19.7. The summed E-state index contributed by atoms with van der Waals surface area (Å²) in [4.78, 5) is 26.9. The predicted molar refractivity (Wildman–Crippen MR) is 102 cm³/mol. The van der Waals surface area contributed by atoms with Crippen LogP contribution in [0.1, 0.15) is 35.9 Å². The molecule has 0 saturated carbocycles. The number of primary amides is 1. The van der Waals surface area contributed by atoms with Gasteiger partial charge in [0.25, 0.3) is 5.91 Å². The van der Waals surface area contributed by atoms with Crippen molar-refractivity contribution in [3.05, 3.63) is 40.1 Å². The quantitative estimate of drug-likeness (QED) is 0.775. The highest BCUT2D eigenvalue weighted by atomic mass is 16.5. The zero-order valence-corrected chi connectivity index (χ0v) is 16.0. The molecular weight excluding hydrogens is 362 g/mol. The van der Waals surface area contributed by atoms with Crippen molar-refractivity contribution in [1.82, 2.24) is 19.2 Å². The summed E-state index contributed by atoms with van der Waals surface area (Å²) in [5.74, 6) is 0.380. The summed E-state index contributed by atoms with van der Waals surface area (Å²) in [6, 6.07) is 4.89. The number of amides is 1. The number of ether oxygens (including phenoxy) is 2. The molecule has 0 radical (unpaired) electrons. The van der Waals surface area contributed by atoms with Crippen LogP contribution >= 0.6 is 0 Å². The average molecular weight is 387 g/mol. The van der Waals surface area contributed by atoms with Gasteiger partial charge in [0, 0.05) is 12.6 Å². The van der Waals surface area contributed by atoms with Gasteiger partial charge in [-0.1, -0.05) is 0 Å². The molecule has 0 spiro atoms. The van der Waals surface area contributed by atoms with E-state index in [4.69, 9.17) is 15.2 Å². The second-order valence-corrected chi connectivity index (χ2v) is 7.30. The molecule has 0 aliphatic carbocycles. The molecule has 1 atom stereocenters. The van der Waals surface area contributed by atoms with Crippen molar-refractivity contribution >= 4 is 5.91 Å². The zero-order valence-electron chi connectivity index (χ0n) is 16.0. The largest absolute Gasteiger partial charge is 0.488 e. The van der Waals surface area contributed by atoms with E-state index < -0.39 is 5.91 Å². The van der Waals surface area contributed by atoms with Gasteiger partial charge in [0.15, 0.2) is 5.82 Å². The van der Waals surface area contributed by atoms with Gasteiger partial charge in [-0.25, -0.2) is 4.79 Å². The minimum absolute atomic E-state index is 0.119. The highest BCUT2D eigenvalue weighted by Crippen LogP contribution is 2.24. The highest BCUT2D eigenvalue weighted by Gasteiger charge is 2.21. The standard InChI is InChI=1S/C19H25N5O4/c1-13(11-22-6-2-3-7-22)28-16-10-14(4-5-15(16)18(20)25)24-19(26)23-8-9-27-12-17(23)21-24/h4-5,10,13H,2-3,6-9,11-12H2,1H3,(H2,20,25). The summed E-state index contributed by atoms with van der Waals surface area (Å²) in [5.41, 5.74) is 6.10. The van der Waals surface area contributed by atoms with Crippen LogP contribution in [0, 0.1) is 0 Å². The molecule has 150 valence electrons. The van der Waals surface area contributed by atoms with Crippen molar-refractivity contribution in [2.75, 3.05) is 26.2 Å². The summed E-state index contributed by atoms with van der Waals surface area (Å²) in [6.07, 6.45) is 2.28. The van der Waals surface area contributed by atoms with Crippen LogP contribution in [0.4, 0.5) is 0 Å². The van der Waals surface area contributed by atoms with Gasteiger partial charge in [-0.2, -0.15) is 4.68 Å². The highest BCUT2D eigenvalue weighted by molar-refractivity contribution is 5.96. The molecule has 3 heterocycles. The third kappa shape index (κ3) is 3.67. The first-order chi connectivity index (χ1) is 13.5. The number of hydrogen-bond acceptors (Lipinski definition) is 6. The van der Waals surface area contributed by atoms with Crippen molar-refractivity contribution in [2.24, 2.45) is 5.73 Å². The van der Waals surface area contributed by atoms with Crippen molar-refractivity contribution in [3.8, 4) is 11.4 Å². The van der Waals surface area contributed by atoms with Crippen LogP contribution in [0.2, 0.25) is 0 Å². The lowest BCUT2D eigenvalue weighted by Crippen LogP contribution is -2.32. The predicted octanol–water partition coefficient (Wildman–Crippen LogP) is 0.526. The van der Waals surface area contributed by atoms with Gasteiger partial charge >= 0.3 is 5.69 Å². The molecule has 2 aliphatic heterocycles. The normalized spacial score (nSPS) is 18.0. The fourth-order valence-electron chi connectivity index (χ4n) is 3.78. The first-order valence-electron chi connectivity index (χ1n) is 9.62. The van der Waals surface area contributed by atoms with Crippen LogP contribution in [0.3, 0.4) is 0 Å². The molecular formula is C19H25N5O4. The van der Waals surface area contributed by atoms with E-state index in [1.165, 1.54) is 17.5 Å². The number of fused-ring (bicyclic) bond motifs is 1. The molecule has 2 aliphatic rings. The maximum atomic E-state index is 12.7. The average Bonchev–Trinajstić information content (AvgIpc) is 3.29. The Morgan fingerprint density at radius 1 is 1.32 bits per heavy atom. The topological polar surface area (TPSA) is 105 Å². The van der Waals surface area contributed by atoms with Crippen LogP contribution in [0.5, 0.6) is 5.75 Å². The molecule has 2 aromatic rings. The minimum Gasteiger partial charge on any atom is -0.488 e. The summed E-state index contributed by atoms with van der Waals surface area (Å²) in [6.45, 7) is 6.14. The van der Waals surface area contributed by atoms with E-state index >= 15 is 0 Å². The Morgan fingerprint density at radius 3 is 2.82 bits per heavy atom. The number of benzene rings is 1. The maximum Gasteiger partial charge on any atom is 0.350 e. The fourth-order valence-corrected chi connectivity index (χ4v) is 3.78. The van der Waals surface area contributed by atoms with Gasteiger partial charge in [-0.05, 0) is 45.0 Å². The molecule has 0 bridgehead atoms. The lowest BCUT2D eigenvalue weighted by molar-refractivity contribution is 0.0805. The second kappa shape index (κ2) is 7.76. The molecule has 1 saturated heterocycles. The fraction of sp³-hybridized carbons (Fsp3) is 0.526. The smallest absolute Gasteiger partial charge is 0.350 e. The molecule has 1 aromatic carbocycles. The Hall–Kier alpha value is -2.65. The van der Waals surface area contributed by atoms with Crippen molar-refractivity contribution < 1.29 is 14.3 Å². The van der Waals surface area contributed by atoms with Crippen LogP contribution in [0.15, 0.2) is 23.0 Å². The Bertz CT molecular complexity index is 929. The maximum absolute atomic E-state index is 12.7.